The zero-order valence-corrected chi connectivity index (χ0v) is 14.0. The predicted octanol–water partition coefficient (Wildman–Crippen LogP) is 3.81. The minimum absolute atomic E-state index is 0.520. The fourth-order valence-corrected chi connectivity index (χ4v) is 3.64. The first-order valence-corrected chi connectivity index (χ1v) is 8.32. The maximum atomic E-state index is 5.52. The molecule has 1 atom stereocenters. The van der Waals surface area contributed by atoms with E-state index in [0.29, 0.717) is 6.04 Å². The number of hydrogen-bond acceptors (Lipinski definition) is 3. The third-order valence-corrected chi connectivity index (χ3v) is 4.94. The van der Waals surface area contributed by atoms with Gasteiger partial charge in [-0.05, 0) is 33.2 Å². The Labute approximate surface area is 129 Å². The summed E-state index contributed by atoms with van der Waals surface area (Å²) in [4.78, 5) is 4.65. The number of aromatic nitrogens is 1. The Bertz CT molecular complexity index is 453. The van der Waals surface area contributed by atoms with Crippen LogP contribution in [0.5, 0.6) is 5.75 Å². The summed E-state index contributed by atoms with van der Waals surface area (Å²) in [6, 6.07) is 0.520. The number of pyridine rings is 1. The summed E-state index contributed by atoms with van der Waals surface area (Å²) in [7, 11) is 3.82. The van der Waals surface area contributed by atoms with Gasteiger partial charge in [-0.25, -0.2) is 0 Å². The minimum atomic E-state index is 0.520. The molecule has 1 aliphatic carbocycles. The lowest BCUT2D eigenvalue weighted by atomic mass is 9.84. The minimum Gasteiger partial charge on any atom is -0.496 e. The summed E-state index contributed by atoms with van der Waals surface area (Å²) < 4.78 is 5.52. The van der Waals surface area contributed by atoms with E-state index in [2.05, 4.69) is 31.2 Å². The van der Waals surface area contributed by atoms with Gasteiger partial charge in [0.15, 0.2) is 0 Å². The summed E-state index contributed by atoms with van der Waals surface area (Å²) in [6.07, 6.45) is 11.3. The van der Waals surface area contributed by atoms with Gasteiger partial charge in [-0.1, -0.05) is 32.1 Å². The normalized spacial score (nSPS) is 17.7. The summed E-state index contributed by atoms with van der Waals surface area (Å²) >= 11 is 0. The highest BCUT2D eigenvalue weighted by Gasteiger charge is 2.20. The quantitative estimate of drug-likeness (QED) is 0.865. The van der Waals surface area contributed by atoms with Crippen molar-refractivity contribution in [1.29, 1.82) is 0 Å². The number of nitrogens with one attached hydrogen (secondary N) is 1. The Hall–Kier alpha value is -1.09. The van der Waals surface area contributed by atoms with E-state index >= 15 is 0 Å². The molecule has 1 aliphatic rings. The lowest BCUT2D eigenvalue weighted by molar-refractivity contribution is 0.301. The largest absolute Gasteiger partial charge is 0.496 e. The van der Waals surface area contributed by atoms with Crippen molar-refractivity contribution in [2.45, 2.75) is 64.8 Å². The van der Waals surface area contributed by atoms with Crippen LogP contribution in [0.25, 0.3) is 0 Å². The van der Waals surface area contributed by atoms with Crippen LogP contribution >= 0.6 is 0 Å². The highest BCUT2D eigenvalue weighted by molar-refractivity contribution is 5.41. The van der Waals surface area contributed by atoms with Crippen molar-refractivity contribution in [1.82, 2.24) is 10.3 Å². The van der Waals surface area contributed by atoms with Crippen LogP contribution in [0.4, 0.5) is 0 Å². The van der Waals surface area contributed by atoms with E-state index in [0.717, 1.165) is 23.7 Å². The van der Waals surface area contributed by atoms with Crippen molar-refractivity contribution in [3.05, 3.63) is 23.0 Å². The molecule has 0 spiro atoms. The Balaban J connectivity index is 2.04. The fourth-order valence-electron chi connectivity index (χ4n) is 3.64. The average molecular weight is 290 g/mol. The van der Waals surface area contributed by atoms with Crippen LogP contribution in [0.3, 0.4) is 0 Å². The van der Waals surface area contributed by atoms with Gasteiger partial charge in [0.05, 0.1) is 7.11 Å². The number of methoxy groups -OCH3 is 1. The molecule has 1 saturated carbocycles. The molecular weight excluding hydrogens is 260 g/mol. The molecule has 1 unspecified atom stereocenters. The van der Waals surface area contributed by atoms with Gasteiger partial charge >= 0.3 is 0 Å². The third-order valence-electron chi connectivity index (χ3n) is 4.94. The number of ether oxygens (including phenoxy) is 1. The van der Waals surface area contributed by atoms with Crippen molar-refractivity contribution >= 4 is 0 Å². The van der Waals surface area contributed by atoms with Crippen LogP contribution in [-0.2, 0) is 6.42 Å². The predicted molar refractivity (Wildman–Crippen MR) is 88.0 cm³/mol. The Kier molecular flexibility index (Phi) is 6.04. The van der Waals surface area contributed by atoms with Gasteiger partial charge in [-0.15, -0.1) is 0 Å². The summed E-state index contributed by atoms with van der Waals surface area (Å²) in [5.74, 6) is 1.89. The van der Waals surface area contributed by atoms with Gasteiger partial charge in [-0.3, -0.25) is 4.98 Å². The molecule has 2 rings (SSSR count). The van der Waals surface area contributed by atoms with E-state index in [9.17, 15) is 0 Å². The van der Waals surface area contributed by atoms with Crippen molar-refractivity contribution < 1.29 is 4.74 Å². The van der Waals surface area contributed by atoms with Gasteiger partial charge in [-0.2, -0.15) is 0 Å². The molecule has 21 heavy (non-hydrogen) atoms. The molecule has 3 nitrogen and oxygen atoms in total. The molecule has 118 valence electrons. The molecule has 0 aromatic carbocycles. The van der Waals surface area contributed by atoms with Gasteiger partial charge in [0.2, 0.25) is 0 Å². The fraction of sp³-hybridized carbons (Fsp3) is 0.722. The Morgan fingerprint density at radius 2 is 2.00 bits per heavy atom. The lowest BCUT2D eigenvalue weighted by Crippen LogP contribution is -2.31. The molecular formula is C18H30N2O. The maximum absolute atomic E-state index is 5.52. The van der Waals surface area contributed by atoms with Crippen molar-refractivity contribution in [2.75, 3.05) is 14.2 Å². The molecule has 1 aromatic heterocycles. The van der Waals surface area contributed by atoms with E-state index in [1.165, 1.54) is 49.8 Å². The lowest BCUT2D eigenvalue weighted by Gasteiger charge is -2.26. The molecule has 0 amide bonds. The smallest absolute Gasteiger partial charge is 0.128 e. The Morgan fingerprint density at radius 1 is 1.29 bits per heavy atom. The molecule has 0 radical (unpaired) electrons. The molecule has 1 heterocycles. The number of rotatable bonds is 6. The molecule has 0 bridgehead atoms. The number of nitrogens with zero attached hydrogens (tertiary/aromatic N) is 1. The van der Waals surface area contributed by atoms with Gasteiger partial charge < -0.3 is 10.1 Å². The van der Waals surface area contributed by atoms with E-state index in [4.69, 9.17) is 4.74 Å². The molecule has 1 aromatic rings. The summed E-state index contributed by atoms with van der Waals surface area (Å²) in [6.45, 7) is 4.18. The van der Waals surface area contributed by atoms with Crippen molar-refractivity contribution in [3.63, 3.8) is 0 Å². The standard InChI is InChI=1S/C18H30N2O/c1-13-12-20-17(14(2)18(13)21-4)11-16(19-3)10-15-8-6-5-7-9-15/h12,15-16,19H,5-11H2,1-4H3. The van der Waals surface area contributed by atoms with E-state index in [-0.39, 0.29) is 0 Å². The first-order chi connectivity index (χ1) is 10.2. The summed E-state index contributed by atoms with van der Waals surface area (Å²) in [5, 5.41) is 3.50. The second-order valence-electron chi connectivity index (χ2n) is 6.48. The summed E-state index contributed by atoms with van der Waals surface area (Å²) in [5.41, 5.74) is 3.49. The monoisotopic (exact) mass is 290 g/mol. The molecule has 1 fully saturated rings. The van der Waals surface area contributed by atoms with E-state index < -0.39 is 0 Å². The zero-order chi connectivity index (χ0) is 15.2. The maximum Gasteiger partial charge on any atom is 0.128 e. The highest BCUT2D eigenvalue weighted by atomic mass is 16.5. The van der Waals surface area contributed by atoms with Crippen molar-refractivity contribution in [3.8, 4) is 5.75 Å². The number of hydrogen-bond donors (Lipinski definition) is 1. The molecule has 0 aliphatic heterocycles. The molecule has 0 saturated heterocycles. The Morgan fingerprint density at radius 3 is 2.62 bits per heavy atom. The van der Waals surface area contributed by atoms with Gasteiger partial charge in [0.25, 0.3) is 0 Å². The average Bonchev–Trinajstić information content (AvgIpc) is 2.50. The SMILES string of the molecule is CNC(Cc1ncc(C)c(OC)c1C)CC1CCCCC1. The third kappa shape index (κ3) is 4.19. The van der Waals surface area contributed by atoms with Crippen LogP contribution in [-0.4, -0.2) is 25.2 Å². The highest BCUT2D eigenvalue weighted by Crippen LogP contribution is 2.29. The van der Waals surface area contributed by atoms with Gasteiger partial charge in [0.1, 0.15) is 5.75 Å². The van der Waals surface area contributed by atoms with Crippen LogP contribution < -0.4 is 10.1 Å². The van der Waals surface area contributed by atoms with Crippen LogP contribution in [0, 0.1) is 19.8 Å². The molecule has 3 heteroatoms. The zero-order valence-electron chi connectivity index (χ0n) is 14.0. The second-order valence-corrected chi connectivity index (χ2v) is 6.48. The molecule has 1 N–H and O–H groups in total. The first kappa shape index (κ1) is 16.3. The van der Waals surface area contributed by atoms with E-state index in [1.54, 1.807) is 7.11 Å². The van der Waals surface area contributed by atoms with Gasteiger partial charge in [0, 0.05) is 35.5 Å². The van der Waals surface area contributed by atoms with Crippen LogP contribution in [0.15, 0.2) is 6.20 Å². The van der Waals surface area contributed by atoms with Crippen molar-refractivity contribution in [2.24, 2.45) is 5.92 Å². The second kappa shape index (κ2) is 7.79. The van der Waals surface area contributed by atoms with Crippen LogP contribution in [0.2, 0.25) is 0 Å². The number of aryl methyl sites for hydroxylation is 1. The topological polar surface area (TPSA) is 34.2 Å². The van der Waals surface area contributed by atoms with E-state index in [1.807, 2.05) is 6.20 Å². The number of likely N-dealkylation sites (N-methyl/N-ethyl adjacent to an activating group) is 1. The first-order valence-electron chi connectivity index (χ1n) is 8.32. The van der Waals surface area contributed by atoms with Crippen LogP contribution in [0.1, 0.15) is 55.3 Å².